The van der Waals surface area contributed by atoms with E-state index in [4.69, 9.17) is 5.21 Å². The van der Waals surface area contributed by atoms with Gasteiger partial charge in [-0.2, -0.15) is 5.11 Å². The van der Waals surface area contributed by atoms with Gasteiger partial charge in [0, 0.05) is 12.4 Å². The molecule has 1 heterocycles. The van der Waals surface area contributed by atoms with E-state index >= 15 is 0 Å². The molecule has 19 heavy (non-hydrogen) atoms. The maximum atomic E-state index is 11.6. The Kier molecular flexibility index (Phi) is 3.79. The fraction of sp³-hybridized carbons (Fsp3) is 0. The molecule has 0 unspecified atom stereocenters. The summed E-state index contributed by atoms with van der Waals surface area (Å²) in [4.78, 5) is 22.4. The molecule has 1 aliphatic heterocycles. The zero-order chi connectivity index (χ0) is 13.7. The molecule has 0 fully saturated rings. The van der Waals surface area contributed by atoms with Crippen LogP contribution in [0.25, 0.3) is 0 Å². The van der Waals surface area contributed by atoms with Crippen LogP contribution >= 0.6 is 0 Å². The molecule has 0 aromatic heterocycles. The normalized spacial score (nSPS) is 17.7. The van der Waals surface area contributed by atoms with E-state index in [9.17, 15) is 9.59 Å². The Bertz CT molecular complexity index is 564. The molecule has 0 bridgehead atoms. The van der Waals surface area contributed by atoms with Crippen molar-refractivity contribution in [1.29, 1.82) is 0 Å². The number of carbonyl (C=O) groups is 2. The second-order valence-corrected chi connectivity index (χ2v) is 3.60. The van der Waals surface area contributed by atoms with Gasteiger partial charge >= 0.3 is 5.91 Å². The van der Waals surface area contributed by atoms with E-state index in [2.05, 4.69) is 15.5 Å². The Morgan fingerprint density at radius 3 is 2.74 bits per heavy atom. The molecule has 7 heteroatoms. The van der Waals surface area contributed by atoms with E-state index in [1.807, 2.05) is 0 Å². The summed E-state index contributed by atoms with van der Waals surface area (Å²) in [5.74, 6) is -0.725. The van der Waals surface area contributed by atoms with Crippen molar-refractivity contribution in [2.75, 3.05) is 0 Å². The van der Waals surface area contributed by atoms with E-state index in [-0.39, 0.29) is 11.5 Å². The number of ketones is 1. The molecular weight excluding hydrogens is 248 g/mol. The van der Waals surface area contributed by atoms with E-state index in [1.54, 1.807) is 12.2 Å². The van der Waals surface area contributed by atoms with Crippen LogP contribution in [0.2, 0.25) is 0 Å². The fourth-order valence-electron chi connectivity index (χ4n) is 1.29. The zero-order valence-corrected chi connectivity index (χ0v) is 9.72. The quantitative estimate of drug-likeness (QED) is 0.724. The summed E-state index contributed by atoms with van der Waals surface area (Å²) in [6.45, 7) is 0. The molecule has 1 amide bonds. The predicted molar refractivity (Wildman–Crippen MR) is 65.2 cm³/mol. The van der Waals surface area contributed by atoms with Gasteiger partial charge in [0.15, 0.2) is 5.78 Å². The van der Waals surface area contributed by atoms with Crippen LogP contribution in [0, 0.1) is 0 Å². The van der Waals surface area contributed by atoms with Gasteiger partial charge in [-0.3, -0.25) is 14.8 Å². The fourth-order valence-corrected chi connectivity index (χ4v) is 1.29. The average Bonchev–Trinajstić information content (AvgIpc) is 2.41. The monoisotopic (exact) mass is 258 g/mol. The number of hydrogen-bond acceptors (Lipinski definition) is 6. The third-order valence-electron chi connectivity index (χ3n) is 2.19. The highest BCUT2D eigenvalue weighted by Gasteiger charge is 2.10. The minimum Gasteiger partial charge on any atom is -0.354 e. The van der Waals surface area contributed by atoms with Gasteiger partial charge in [-0.05, 0) is 29.9 Å². The van der Waals surface area contributed by atoms with Crippen molar-refractivity contribution >= 4 is 11.7 Å². The van der Waals surface area contributed by atoms with Crippen molar-refractivity contribution in [2.45, 2.75) is 0 Å². The van der Waals surface area contributed by atoms with Crippen molar-refractivity contribution in [3.05, 3.63) is 60.4 Å². The number of rotatable bonds is 2. The lowest BCUT2D eigenvalue weighted by molar-refractivity contribution is -0.115. The molecule has 0 aromatic rings. The Labute approximate surface area is 108 Å². The maximum Gasteiger partial charge on any atom is 0.313 e. The molecule has 0 radical (unpaired) electrons. The van der Waals surface area contributed by atoms with Crippen LogP contribution in [0.1, 0.15) is 0 Å². The summed E-state index contributed by atoms with van der Waals surface area (Å²) < 4.78 is 0. The SMILES string of the molecule is O=C1C=CC(=CN=NC(=O)C2=CN(O)C=CN2)C=C1. The molecule has 0 atom stereocenters. The third kappa shape index (κ3) is 3.58. The largest absolute Gasteiger partial charge is 0.354 e. The first-order valence-electron chi connectivity index (χ1n) is 5.33. The highest BCUT2D eigenvalue weighted by molar-refractivity contribution is 6.01. The molecule has 2 rings (SSSR count). The number of hydroxylamine groups is 2. The molecule has 0 saturated carbocycles. The van der Waals surface area contributed by atoms with Crippen molar-refractivity contribution in [2.24, 2.45) is 10.2 Å². The summed E-state index contributed by atoms with van der Waals surface area (Å²) in [5, 5.41) is 19.5. The summed E-state index contributed by atoms with van der Waals surface area (Å²) in [5.41, 5.74) is 0.752. The number of hydrogen-bond donors (Lipinski definition) is 2. The smallest absolute Gasteiger partial charge is 0.313 e. The average molecular weight is 258 g/mol. The highest BCUT2D eigenvalue weighted by atomic mass is 16.5. The number of nitrogens with one attached hydrogen (secondary N) is 1. The van der Waals surface area contributed by atoms with Crippen molar-refractivity contribution < 1.29 is 14.8 Å². The van der Waals surface area contributed by atoms with Gasteiger partial charge in [0.05, 0.1) is 12.4 Å². The number of nitrogens with zero attached hydrogens (tertiary/aromatic N) is 3. The third-order valence-corrected chi connectivity index (χ3v) is 2.19. The second kappa shape index (κ2) is 5.69. The molecule has 0 aromatic carbocycles. The summed E-state index contributed by atoms with van der Waals surface area (Å²) in [6.07, 6.45) is 11.2. The summed E-state index contributed by atoms with van der Waals surface area (Å²) in [7, 11) is 0. The van der Waals surface area contributed by atoms with Crippen LogP contribution in [-0.2, 0) is 9.59 Å². The highest BCUT2D eigenvalue weighted by Crippen LogP contribution is 2.07. The van der Waals surface area contributed by atoms with Crippen LogP contribution in [0.5, 0.6) is 0 Å². The van der Waals surface area contributed by atoms with Gasteiger partial charge in [0.2, 0.25) is 0 Å². The van der Waals surface area contributed by atoms with Gasteiger partial charge in [-0.15, -0.1) is 5.11 Å². The first kappa shape index (κ1) is 12.7. The minimum absolute atomic E-state index is 0.0945. The molecular formula is C12H10N4O3. The molecule has 7 nitrogen and oxygen atoms in total. The van der Waals surface area contributed by atoms with E-state index in [0.717, 1.165) is 5.06 Å². The van der Waals surface area contributed by atoms with E-state index in [0.29, 0.717) is 5.57 Å². The Hall–Kier alpha value is -2.80. The van der Waals surface area contributed by atoms with Crippen LogP contribution < -0.4 is 5.32 Å². The molecule has 0 spiro atoms. The van der Waals surface area contributed by atoms with Crippen LogP contribution in [0.3, 0.4) is 0 Å². The Balaban J connectivity index is 1.98. The first-order valence-corrected chi connectivity index (χ1v) is 5.33. The lowest BCUT2D eigenvalue weighted by Crippen LogP contribution is -2.22. The van der Waals surface area contributed by atoms with Gasteiger partial charge in [0.25, 0.3) is 0 Å². The topological polar surface area (TPSA) is 94.4 Å². The molecule has 0 saturated heterocycles. The predicted octanol–water partition coefficient (Wildman–Crippen LogP) is 1.15. The van der Waals surface area contributed by atoms with Crippen molar-refractivity contribution in [1.82, 2.24) is 10.4 Å². The number of carbonyl (C=O) groups excluding carboxylic acids is 2. The molecule has 2 aliphatic rings. The number of amides is 1. The van der Waals surface area contributed by atoms with Gasteiger partial charge in [0.1, 0.15) is 5.70 Å². The summed E-state index contributed by atoms with van der Waals surface area (Å²) in [6, 6.07) is 0. The number of azo groups is 1. The second-order valence-electron chi connectivity index (χ2n) is 3.60. The van der Waals surface area contributed by atoms with Crippen LogP contribution in [0.15, 0.2) is 70.6 Å². The van der Waals surface area contributed by atoms with Crippen molar-refractivity contribution in [3.63, 3.8) is 0 Å². The van der Waals surface area contributed by atoms with Gasteiger partial charge in [-0.25, -0.2) is 5.06 Å². The van der Waals surface area contributed by atoms with Gasteiger partial charge < -0.3 is 5.32 Å². The van der Waals surface area contributed by atoms with E-state index in [1.165, 1.54) is 37.0 Å². The maximum absolute atomic E-state index is 11.6. The number of allylic oxidation sites excluding steroid dienone is 5. The molecule has 2 N–H and O–H groups in total. The lowest BCUT2D eigenvalue weighted by atomic mass is 10.1. The molecule has 96 valence electrons. The minimum atomic E-state index is -0.625. The Morgan fingerprint density at radius 2 is 2.05 bits per heavy atom. The first-order chi connectivity index (χ1) is 9.15. The van der Waals surface area contributed by atoms with Crippen LogP contribution in [0.4, 0.5) is 0 Å². The molecule has 1 aliphatic carbocycles. The lowest BCUT2D eigenvalue weighted by Gasteiger charge is -2.13. The van der Waals surface area contributed by atoms with Crippen molar-refractivity contribution in [3.8, 4) is 0 Å². The van der Waals surface area contributed by atoms with Gasteiger partial charge in [-0.1, -0.05) is 0 Å². The standard InChI is InChI=1S/C12H10N4O3/c17-10-3-1-9(2-4-10)7-14-15-12(18)11-8-16(19)6-5-13-11/h1-8,13,19H. The van der Waals surface area contributed by atoms with Crippen LogP contribution in [-0.4, -0.2) is 22.0 Å². The van der Waals surface area contributed by atoms with E-state index < -0.39 is 5.91 Å². The zero-order valence-electron chi connectivity index (χ0n) is 9.72. The Morgan fingerprint density at radius 1 is 1.32 bits per heavy atom. The summed E-state index contributed by atoms with van der Waals surface area (Å²) >= 11 is 0.